The van der Waals surface area contributed by atoms with Crippen molar-refractivity contribution < 1.29 is 4.79 Å². The van der Waals surface area contributed by atoms with Crippen LogP contribution in [0.1, 0.15) is 12.0 Å². The van der Waals surface area contributed by atoms with E-state index in [-0.39, 0.29) is 23.6 Å². The highest BCUT2D eigenvalue weighted by molar-refractivity contribution is 7.99. The van der Waals surface area contributed by atoms with Crippen LogP contribution >= 0.6 is 23.4 Å². The summed E-state index contributed by atoms with van der Waals surface area (Å²) >= 11 is 7.22. The Hall–Kier alpha value is -2.82. The number of hydrogen-bond donors (Lipinski definition) is 1. The molecule has 1 N–H and O–H groups in total. The zero-order valence-electron chi connectivity index (χ0n) is 15.1. The van der Waals surface area contributed by atoms with E-state index in [4.69, 9.17) is 16.9 Å². The van der Waals surface area contributed by atoms with Crippen LogP contribution in [0.2, 0.25) is 5.02 Å². The first-order valence-corrected chi connectivity index (χ1v) is 9.92. The fourth-order valence-corrected chi connectivity index (χ4v) is 3.68. The zero-order valence-corrected chi connectivity index (χ0v) is 16.7. The van der Waals surface area contributed by atoms with Gasteiger partial charge in [-0.2, -0.15) is 5.26 Å². The molecule has 0 unspecified atom stereocenters. The first-order chi connectivity index (χ1) is 13.5. The maximum absolute atomic E-state index is 13.2. The fourth-order valence-electron chi connectivity index (χ4n) is 2.67. The van der Waals surface area contributed by atoms with Crippen LogP contribution in [-0.4, -0.2) is 27.8 Å². The average molecular weight is 413 g/mol. The van der Waals surface area contributed by atoms with Gasteiger partial charge in [0.1, 0.15) is 0 Å². The van der Waals surface area contributed by atoms with Crippen molar-refractivity contribution in [2.75, 3.05) is 12.3 Å². The highest BCUT2D eigenvalue weighted by atomic mass is 35.5. The molecule has 1 amide bonds. The standard InChI is InChI=1S/C20H17ClN4O2S/c1-13-4-2-5-15(10-13)25-19(27)16-7-6-14(21)11-17(16)24-20(25)28-12-18(26)23-9-3-8-22/h2,4-7,10-11H,3,9,12H2,1H3,(H,23,26). The van der Waals surface area contributed by atoms with Crippen LogP contribution < -0.4 is 10.9 Å². The summed E-state index contributed by atoms with van der Waals surface area (Å²) in [5.41, 5.74) is 1.95. The molecule has 0 spiro atoms. The lowest BCUT2D eigenvalue weighted by molar-refractivity contribution is -0.118. The van der Waals surface area contributed by atoms with Crippen molar-refractivity contribution in [2.45, 2.75) is 18.5 Å². The second-order valence-corrected chi connectivity index (χ2v) is 7.46. The second kappa shape index (κ2) is 8.91. The Morgan fingerprint density at radius 3 is 2.89 bits per heavy atom. The highest BCUT2D eigenvalue weighted by Gasteiger charge is 2.15. The van der Waals surface area contributed by atoms with Crippen molar-refractivity contribution in [3.63, 3.8) is 0 Å². The number of nitrogens with zero attached hydrogens (tertiary/aromatic N) is 3. The molecule has 0 atom stereocenters. The van der Waals surface area contributed by atoms with Gasteiger partial charge in [-0.25, -0.2) is 4.98 Å². The molecule has 0 aliphatic rings. The summed E-state index contributed by atoms with van der Waals surface area (Å²) < 4.78 is 1.51. The molecule has 3 rings (SSSR count). The van der Waals surface area contributed by atoms with Crippen molar-refractivity contribution in [2.24, 2.45) is 0 Å². The maximum atomic E-state index is 13.2. The average Bonchev–Trinajstić information content (AvgIpc) is 2.66. The van der Waals surface area contributed by atoms with Gasteiger partial charge in [-0.05, 0) is 42.8 Å². The molecule has 0 saturated carbocycles. The number of rotatable bonds is 6. The number of aryl methyl sites for hydroxylation is 1. The predicted octanol–water partition coefficient (Wildman–Crippen LogP) is 3.47. The molecule has 1 heterocycles. The third kappa shape index (κ3) is 4.53. The smallest absolute Gasteiger partial charge is 0.266 e. The Kier molecular flexibility index (Phi) is 6.34. The lowest BCUT2D eigenvalue weighted by atomic mass is 10.2. The van der Waals surface area contributed by atoms with Crippen LogP contribution in [0.4, 0.5) is 0 Å². The van der Waals surface area contributed by atoms with Crippen LogP contribution in [-0.2, 0) is 4.79 Å². The lowest BCUT2D eigenvalue weighted by Crippen LogP contribution is -2.27. The van der Waals surface area contributed by atoms with Gasteiger partial charge in [-0.1, -0.05) is 35.5 Å². The molecular weight excluding hydrogens is 396 g/mol. The minimum Gasteiger partial charge on any atom is -0.354 e. The molecule has 2 aromatic carbocycles. The summed E-state index contributed by atoms with van der Waals surface area (Å²) in [6.07, 6.45) is 0.247. The van der Waals surface area contributed by atoms with Crippen molar-refractivity contribution in [1.29, 1.82) is 5.26 Å². The molecule has 0 bridgehead atoms. The van der Waals surface area contributed by atoms with Crippen LogP contribution in [0, 0.1) is 18.3 Å². The summed E-state index contributed by atoms with van der Waals surface area (Å²) in [4.78, 5) is 29.8. The Balaban J connectivity index is 2.03. The van der Waals surface area contributed by atoms with E-state index in [1.54, 1.807) is 18.2 Å². The molecule has 0 saturated heterocycles. The molecule has 8 heteroatoms. The van der Waals surface area contributed by atoms with E-state index in [1.807, 2.05) is 37.3 Å². The second-order valence-electron chi connectivity index (χ2n) is 6.08. The van der Waals surface area contributed by atoms with Crippen molar-refractivity contribution in [3.8, 4) is 11.8 Å². The number of carbonyl (C=O) groups excluding carboxylic acids is 1. The monoisotopic (exact) mass is 412 g/mol. The number of benzene rings is 2. The fraction of sp³-hybridized carbons (Fsp3) is 0.200. The van der Waals surface area contributed by atoms with Gasteiger partial charge in [0.05, 0.1) is 34.8 Å². The molecule has 28 heavy (non-hydrogen) atoms. The summed E-state index contributed by atoms with van der Waals surface area (Å²) in [5.74, 6) is -0.146. The summed E-state index contributed by atoms with van der Waals surface area (Å²) in [5, 5.41) is 12.6. The van der Waals surface area contributed by atoms with Gasteiger partial charge >= 0.3 is 0 Å². The first kappa shape index (κ1) is 19.9. The van der Waals surface area contributed by atoms with E-state index in [0.717, 1.165) is 17.3 Å². The molecule has 142 valence electrons. The predicted molar refractivity (Wildman–Crippen MR) is 111 cm³/mol. The van der Waals surface area contributed by atoms with E-state index in [2.05, 4.69) is 10.3 Å². The van der Waals surface area contributed by atoms with Gasteiger partial charge in [-0.15, -0.1) is 0 Å². The lowest BCUT2D eigenvalue weighted by Gasteiger charge is -2.14. The van der Waals surface area contributed by atoms with Gasteiger partial charge in [0, 0.05) is 11.6 Å². The van der Waals surface area contributed by atoms with Crippen LogP contribution in [0.25, 0.3) is 16.6 Å². The molecule has 0 aliphatic carbocycles. The van der Waals surface area contributed by atoms with Gasteiger partial charge in [0.15, 0.2) is 5.16 Å². The summed E-state index contributed by atoms with van der Waals surface area (Å²) in [6.45, 7) is 2.24. The number of aromatic nitrogens is 2. The van der Waals surface area contributed by atoms with Gasteiger partial charge in [0.25, 0.3) is 5.56 Å². The Morgan fingerprint density at radius 2 is 2.14 bits per heavy atom. The number of halogens is 1. The molecule has 6 nitrogen and oxygen atoms in total. The molecular formula is C20H17ClN4O2S. The summed E-state index contributed by atoms with van der Waals surface area (Å²) in [7, 11) is 0. The minimum absolute atomic E-state index is 0.0791. The molecule has 0 radical (unpaired) electrons. The van der Waals surface area contributed by atoms with E-state index < -0.39 is 0 Å². The Labute approximate surface area is 171 Å². The third-order valence-electron chi connectivity index (χ3n) is 3.95. The number of fused-ring (bicyclic) bond motifs is 1. The first-order valence-electron chi connectivity index (χ1n) is 8.55. The largest absolute Gasteiger partial charge is 0.354 e. The van der Waals surface area contributed by atoms with Gasteiger partial charge < -0.3 is 5.32 Å². The number of hydrogen-bond acceptors (Lipinski definition) is 5. The van der Waals surface area contributed by atoms with Crippen molar-refractivity contribution >= 4 is 40.2 Å². The molecule has 3 aromatic rings. The van der Waals surface area contributed by atoms with Crippen LogP contribution in [0.15, 0.2) is 52.4 Å². The Bertz CT molecular complexity index is 1140. The number of thioether (sulfide) groups is 1. The number of nitriles is 1. The van der Waals surface area contributed by atoms with Crippen LogP contribution in [0.3, 0.4) is 0 Å². The topological polar surface area (TPSA) is 87.8 Å². The van der Waals surface area contributed by atoms with E-state index in [1.165, 1.54) is 4.57 Å². The van der Waals surface area contributed by atoms with E-state index in [9.17, 15) is 9.59 Å². The van der Waals surface area contributed by atoms with Gasteiger partial charge in [0.2, 0.25) is 5.91 Å². The molecule has 0 aliphatic heterocycles. The van der Waals surface area contributed by atoms with Gasteiger partial charge in [-0.3, -0.25) is 14.2 Å². The van der Waals surface area contributed by atoms with E-state index in [0.29, 0.717) is 33.3 Å². The van der Waals surface area contributed by atoms with Crippen LogP contribution in [0.5, 0.6) is 0 Å². The van der Waals surface area contributed by atoms with E-state index >= 15 is 0 Å². The SMILES string of the molecule is Cc1cccc(-n2c(SCC(=O)NCCC#N)nc3cc(Cl)ccc3c2=O)c1. The number of nitrogens with one attached hydrogen (secondary N) is 1. The highest BCUT2D eigenvalue weighted by Crippen LogP contribution is 2.23. The van der Waals surface area contributed by atoms with Crippen molar-refractivity contribution in [1.82, 2.24) is 14.9 Å². The minimum atomic E-state index is -0.225. The normalized spacial score (nSPS) is 10.6. The quantitative estimate of drug-likeness (QED) is 0.380. The molecule has 0 fully saturated rings. The van der Waals surface area contributed by atoms with Crippen molar-refractivity contribution in [3.05, 3.63) is 63.4 Å². The molecule has 1 aromatic heterocycles. The maximum Gasteiger partial charge on any atom is 0.266 e. The zero-order chi connectivity index (χ0) is 20.1. The third-order valence-corrected chi connectivity index (χ3v) is 5.13. The number of carbonyl (C=O) groups is 1. The number of amides is 1. The Morgan fingerprint density at radius 1 is 1.32 bits per heavy atom. The summed E-state index contributed by atoms with van der Waals surface area (Å²) in [6, 6.07) is 14.4.